The number of alkyl halides is 2. The fourth-order valence-electron chi connectivity index (χ4n) is 1.08. The Morgan fingerprint density at radius 3 is 1.27 bits per heavy atom. The molecule has 0 aromatic rings. The van der Waals surface area contributed by atoms with Crippen molar-refractivity contribution < 1.29 is 37.2 Å². The second kappa shape index (κ2) is 6.11. The number of quaternary nitrogens is 1. The molecule has 0 unspecified atom stereocenters. The molecule has 1 nitrogen and oxygen atoms in total. The zero-order chi connectivity index (χ0) is 8.20. The Hall–Kier alpha value is 0.550. The molecular weight excluding hydrogens is 263 g/mol. The van der Waals surface area contributed by atoms with Gasteiger partial charge in [-0.05, 0) is 20.8 Å². The lowest BCUT2D eigenvalue weighted by Gasteiger charge is -2.33. The molecule has 0 N–H and O–H groups in total. The molecule has 0 bridgehead atoms. The van der Waals surface area contributed by atoms with Gasteiger partial charge in [0.1, 0.15) is 0 Å². The van der Waals surface area contributed by atoms with Gasteiger partial charge in [-0.2, -0.15) is 8.78 Å². The molecule has 0 saturated heterocycles. The Balaban J connectivity index is 0. The minimum atomic E-state index is -2.22. The number of hydrogen-bond donors (Lipinski definition) is 0. The second-order valence-electron chi connectivity index (χ2n) is 2.44. The van der Waals surface area contributed by atoms with Gasteiger partial charge in [0.05, 0.1) is 19.6 Å². The summed E-state index contributed by atoms with van der Waals surface area (Å²) in [6.45, 7) is 4.75. The van der Waals surface area contributed by atoms with Crippen LogP contribution in [-0.2, 0) is 0 Å². The molecular formula is C7H16F2IN. The molecule has 0 radical (unpaired) electrons. The summed E-state index contributed by atoms with van der Waals surface area (Å²) in [5, 5.41) is 0. The van der Waals surface area contributed by atoms with E-state index in [2.05, 4.69) is 0 Å². The molecule has 0 saturated carbocycles. The van der Waals surface area contributed by atoms with Crippen molar-refractivity contribution in [3.63, 3.8) is 0 Å². The summed E-state index contributed by atoms with van der Waals surface area (Å²) in [6, 6.07) is 0. The van der Waals surface area contributed by atoms with E-state index in [1.165, 1.54) is 0 Å². The first kappa shape index (κ1) is 14.1. The predicted molar refractivity (Wildman–Crippen MR) is 37.9 cm³/mol. The summed E-state index contributed by atoms with van der Waals surface area (Å²) in [5.41, 5.74) is 0. The van der Waals surface area contributed by atoms with E-state index in [-0.39, 0.29) is 28.5 Å². The highest BCUT2D eigenvalue weighted by Gasteiger charge is 2.31. The fraction of sp³-hybridized carbons (Fsp3) is 1.00. The van der Waals surface area contributed by atoms with Crippen LogP contribution < -0.4 is 24.0 Å². The molecule has 0 spiro atoms. The molecule has 0 aliphatic heterocycles. The van der Waals surface area contributed by atoms with Crippen LogP contribution in [-0.4, -0.2) is 30.7 Å². The smallest absolute Gasteiger partial charge is 0.380 e. The number of hydrogen-bond acceptors (Lipinski definition) is 0. The molecule has 0 amide bonds. The van der Waals surface area contributed by atoms with Crippen LogP contribution in [0.15, 0.2) is 0 Å². The van der Waals surface area contributed by atoms with E-state index >= 15 is 0 Å². The largest absolute Gasteiger partial charge is 1.00 e. The summed E-state index contributed by atoms with van der Waals surface area (Å²) in [7, 11) is 0. The summed E-state index contributed by atoms with van der Waals surface area (Å²) in [5.74, 6) is 0. The summed E-state index contributed by atoms with van der Waals surface area (Å²) in [6.07, 6.45) is 0. The topological polar surface area (TPSA) is 0 Å². The Morgan fingerprint density at radius 1 is 1.00 bits per heavy atom. The molecule has 0 aromatic heterocycles. The molecule has 4 heteroatoms. The van der Waals surface area contributed by atoms with Gasteiger partial charge in [0.2, 0.25) is 0 Å². The van der Waals surface area contributed by atoms with Gasteiger partial charge in [-0.3, -0.25) is 4.48 Å². The SMILES string of the molecule is CC[N+](CC)(CC)C(F)F.[I-]. The maximum atomic E-state index is 12.3. The Kier molecular flexibility index (Phi) is 7.83. The van der Waals surface area contributed by atoms with Gasteiger partial charge in [-0.15, -0.1) is 0 Å². The van der Waals surface area contributed by atoms with Crippen molar-refractivity contribution >= 4 is 0 Å². The van der Waals surface area contributed by atoms with Crippen LogP contribution >= 0.6 is 0 Å². The standard InChI is InChI=1S/C7H16F2N.HI/c1-4-10(5-2,6-3)7(8)9;/h7H,4-6H2,1-3H3;1H/q+1;/p-1. The minimum absolute atomic E-state index is 0. The zero-order valence-corrected chi connectivity index (χ0v) is 9.44. The zero-order valence-electron chi connectivity index (χ0n) is 7.28. The Morgan fingerprint density at radius 2 is 1.27 bits per heavy atom. The lowest BCUT2D eigenvalue weighted by molar-refractivity contribution is -0.974. The van der Waals surface area contributed by atoms with E-state index in [1.807, 2.05) is 0 Å². The average Bonchev–Trinajstić information content (AvgIpc) is 1.92. The Labute approximate surface area is 84.4 Å². The molecule has 0 rings (SSSR count). The van der Waals surface area contributed by atoms with E-state index < -0.39 is 6.55 Å². The molecule has 0 aromatic carbocycles. The second-order valence-corrected chi connectivity index (χ2v) is 2.44. The molecule has 0 heterocycles. The van der Waals surface area contributed by atoms with Crippen LogP contribution in [0.2, 0.25) is 0 Å². The lowest BCUT2D eigenvalue weighted by Crippen LogP contribution is -3.00. The van der Waals surface area contributed by atoms with Gasteiger partial charge in [-0.1, -0.05) is 0 Å². The minimum Gasteiger partial charge on any atom is -1.00 e. The van der Waals surface area contributed by atoms with Crippen molar-refractivity contribution in [3.8, 4) is 0 Å². The molecule has 0 fully saturated rings. The van der Waals surface area contributed by atoms with Gasteiger partial charge in [0, 0.05) is 0 Å². The van der Waals surface area contributed by atoms with Crippen molar-refractivity contribution in [1.82, 2.24) is 0 Å². The van der Waals surface area contributed by atoms with Crippen molar-refractivity contribution in [3.05, 3.63) is 0 Å². The van der Waals surface area contributed by atoms with Crippen molar-refractivity contribution in [2.75, 3.05) is 19.6 Å². The number of halogens is 3. The van der Waals surface area contributed by atoms with Gasteiger partial charge >= 0.3 is 6.55 Å². The van der Waals surface area contributed by atoms with E-state index in [4.69, 9.17) is 0 Å². The van der Waals surface area contributed by atoms with E-state index in [1.54, 1.807) is 20.8 Å². The first-order chi connectivity index (χ1) is 4.63. The predicted octanol–water partition coefficient (Wildman–Crippen LogP) is -0.910. The average molecular weight is 279 g/mol. The van der Waals surface area contributed by atoms with Crippen LogP contribution in [0.1, 0.15) is 20.8 Å². The Bertz CT molecular complexity index is 86.2. The number of rotatable bonds is 4. The van der Waals surface area contributed by atoms with Gasteiger partial charge < -0.3 is 24.0 Å². The maximum absolute atomic E-state index is 12.3. The molecule has 70 valence electrons. The van der Waals surface area contributed by atoms with Crippen molar-refractivity contribution in [2.45, 2.75) is 27.3 Å². The van der Waals surface area contributed by atoms with E-state index in [0.29, 0.717) is 19.6 Å². The van der Waals surface area contributed by atoms with Gasteiger partial charge in [-0.25, -0.2) is 0 Å². The maximum Gasteiger partial charge on any atom is 0.380 e. The molecule has 0 aliphatic carbocycles. The highest BCUT2D eigenvalue weighted by atomic mass is 127. The van der Waals surface area contributed by atoms with Crippen molar-refractivity contribution in [2.24, 2.45) is 0 Å². The van der Waals surface area contributed by atoms with Gasteiger partial charge in [0.15, 0.2) is 0 Å². The first-order valence-electron chi connectivity index (χ1n) is 3.76. The van der Waals surface area contributed by atoms with Crippen LogP contribution in [0.3, 0.4) is 0 Å². The summed E-state index contributed by atoms with van der Waals surface area (Å²) in [4.78, 5) is 0. The normalized spacial score (nSPS) is 11.5. The third-order valence-corrected chi connectivity index (χ3v) is 2.30. The quantitative estimate of drug-likeness (QED) is 0.355. The monoisotopic (exact) mass is 279 g/mol. The third kappa shape index (κ3) is 3.19. The van der Waals surface area contributed by atoms with Crippen LogP contribution in [0.5, 0.6) is 0 Å². The number of nitrogens with zero attached hydrogens (tertiary/aromatic N) is 1. The van der Waals surface area contributed by atoms with Crippen LogP contribution in [0.25, 0.3) is 0 Å². The highest BCUT2D eigenvalue weighted by Crippen LogP contribution is 2.14. The molecule has 0 atom stereocenters. The molecule has 0 aliphatic rings. The van der Waals surface area contributed by atoms with Crippen LogP contribution in [0.4, 0.5) is 8.78 Å². The first-order valence-corrected chi connectivity index (χ1v) is 3.76. The fourth-order valence-corrected chi connectivity index (χ4v) is 1.08. The van der Waals surface area contributed by atoms with Gasteiger partial charge in [0.25, 0.3) is 0 Å². The highest BCUT2D eigenvalue weighted by molar-refractivity contribution is 4.31. The third-order valence-electron chi connectivity index (χ3n) is 2.30. The van der Waals surface area contributed by atoms with Crippen molar-refractivity contribution in [1.29, 1.82) is 0 Å². The summed E-state index contributed by atoms with van der Waals surface area (Å²) >= 11 is 0. The lowest BCUT2D eigenvalue weighted by atomic mass is 10.4. The molecule has 11 heavy (non-hydrogen) atoms. The summed E-state index contributed by atoms with van der Waals surface area (Å²) < 4.78 is 24.6. The van der Waals surface area contributed by atoms with E-state index in [9.17, 15) is 8.78 Å². The van der Waals surface area contributed by atoms with E-state index in [0.717, 1.165) is 0 Å². The van der Waals surface area contributed by atoms with Crippen LogP contribution in [0, 0.1) is 0 Å².